The summed E-state index contributed by atoms with van der Waals surface area (Å²) < 4.78 is 22.4. The Morgan fingerprint density at radius 2 is 1.93 bits per heavy atom. The number of carbonyl (C=O) groups is 1. The lowest BCUT2D eigenvalue weighted by atomic mass is 9.89. The molecule has 0 saturated carbocycles. The number of nitrogens with one attached hydrogen (secondary N) is 1. The lowest BCUT2D eigenvalue weighted by molar-refractivity contribution is 0.0984. The number of halogens is 1. The molecule has 0 unspecified atom stereocenters. The number of likely N-dealkylation sites (N-methyl/N-ethyl adjacent to an activating group) is 1. The monoisotopic (exact) mass is 615 g/mol. The Balaban J connectivity index is 1.28. The van der Waals surface area contributed by atoms with Crippen molar-refractivity contribution in [2.75, 3.05) is 44.0 Å². The van der Waals surface area contributed by atoms with Crippen LogP contribution in [0.5, 0.6) is 5.75 Å². The van der Waals surface area contributed by atoms with Crippen LogP contribution < -0.4 is 20.5 Å². The summed E-state index contributed by atoms with van der Waals surface area (Å²) >= 11 is 1.61. The lowest BCUT2D eigenvalue weighted by Gasteiger charge is -2.30. The molecule has 1 aromatic carbocycles. The van der Waals surface area contributed by atoms with Crippen molar-refractivity contribution < 1.29 is 13.9 Å². The van der Waals surface area contributed by atoms with Gasteiger partial charge in [0.25, 0.3) is 11.5 Å². The summed E-state index contributed by atoms with van der Waals surface area (Å²) in [4.78, 5) is 37.1. The van der Waals surface area contributed by atoms with Gasteiger partial charge in [0.05, 0.1) is 16.8 Å². The highest BCUT2D eigenvalue weighted by Gasteiger charge is 2.38. The molecule has 230 valence electrons. The Morgan fingerprint density at radius 1 is 1.14 bits per heavy atom. The van der Waals surface area contributed by atoms with Crippen molar-refractivity contribution in [1.29, 1.82) is 0 Å². The van der Waals surface area contributed by atoms with Crippen molar-refractivity contribution in [1.82, 2.24) is 14.5 Å². The molecule has 10 heteroatoms. The fourth-order valence-electron chi connectivity index (χ4n) is 6.21. The molecule has 1 aliphatic carbocycles. The summed E-state index contributed by atoms with van der Waals surface area (Å²) in [5, 5.41) is 3.11. The van der Waals surface area contributed by atoms with E-state index in [-0.39, 0.29) is 16.9 Å². The van der Waals surface area contributed by atoms with Gasteiger partial charge in [-0.2, -0.15) is 0 Å². The quantitative estimate of drug-likeness (QED) is 0.263. The number of ether oxygens (including phenoxy) is 1. The smallest absolute Gasteiger partial charge is 0.274 e. The first-order valence-corrected chi connectivity index (χ1v) is 15.7. The summed E-state index contributed by atoms with van der Waals surface area (Å²) in [6.07, 6.45) is 6.05. The first-order chi connectivity index (χ1) is 20.9. The molecule has 0 radical (unpaired) electrons. The molecule has 0 fully saturated rings. The number of pyridine rings is 2. The molecule has 0 bridgehead atoms. The maximum Gasteiger partial charge on any atom is 0.274 e. The number of amides is 1. The minimum absolute atomic E-state index is 0.0638. The number of nitrogens with zero attached hydrogens (tertiary/aromatic N) is 4. The minimum Gasteiger partial charge on any atom is -0.491 e. The Hall–Kier alpha value is -4.02. The first kappa shape index (κ1) is 30.0. The highest BCUT2D eigenvalue weighted by atomic mass is 32.1. The largest absolute Gasteiger partial charge is 0.491 e. The van der Waals surface area contributed by atoms with Crippen LogP contribution in [-0.2, 0) is 26.3 Å². The van der Waals surface area contributed by atoms with E-state index in [1.807, 2.05) is 25.9 Å². The second-order valence-electron chi connectivity index (χ2n) is 12.8. The number of rotatable bonds is 8. The summed E-state index contributed by atoms with van der Waals surface area (Å²) in [6.45, 7) is 8.27. The zero-order valence-corrected chi connectivity index (χ0v) is 26.9. The number of aryl methyl sites for hydroxylation is 1. The van der Waals surface area contributed by atoms with Crippen molar-refractivity contribution in [2.45, 2.75) is 40.0 Å². The van der Waals surface area contributed by atoms with E-state index < -0.39 is 5.82 Å². The molecular formula is C34H38FN5O3S. The van der Waals surface area contributed by atoms with E-state index in [4.69, 9.17) is 4.74 Å². The van der Waals surface area contributed by atoms with Gasteiger partial charge in [-0.15, -0.1) is 11.3 Å². The van der Waals surface area contributed by atoms with Gasteiger partial charge in [-0.3, -0.25) is 9.59 Å². The molecule has 1 amide bonds. The van der Waals surface area contributed by atoms with E-state index in [1.54, 1.807) is 53.9 Å². The van der Waals surface area contributed by atoms with Gasteiger partial charge in [-0.1, -0.05) is 13.8 Å². The third kappa shape index (κ3) is 5.76. The summed E-state index contributed by atoms with van der Waals surface area (Å²) in [5.74, 6) is 0.616. The van der Waals surface area contributed by atoms with E-state index in [0.717, 1.165) is 36.2 Å². The molecule has 3 aromatic heterocycles. The highest BCUT2D eigenvalue weighted by Crippen LogP contribution is 2.46. The van der Waals surface area contributed by atoms with E-state index >= 15 is 4.39 Å². The molecule has 4 aromatic rings. The van der Waals surface area contributed by atoms with Crippen LogP contribution in [0.2, 0.25) is 0 Å². The van der Waals surface area contributed by atoms with Crippen LogP contribution in [-0.4, -0.2) is 54.1 Å². The normalized spacial score (nSPS) is 15.5. The molecule has 1 N–H and O–H groups in total. The van der Waals surface area contributed by atoms with Crippen LogP contribution in [0.4, 0.5) is 21.6 Å². The van der Waals surface area contributed by atoms with Gasteiger partial charge in [-0.25, -0.2) is 9.37 Å². The average molecular weight is 616 g/mol. The molecule has 1 aliphatic heterocycles. The third-order valence-corrected chi connectivity index (χ3v) is 9.72. The van der Waals surface area contributed by atoms with Crippen molar-refractivity contribution in [2.24, 2.45) is 12.5 Å². The van der Waals surface area contributed by atoms with Crippen LogP contribution in [0.1, 0.15) is 45.1 Å². The van der Waals surface area contributed by atoms with Gasteiger partial charge in [0.15, 0.2) is 0 Å². The third-order valence-electron chi connectivity index (χ3n) is 8.46. The molecule has 4 heterocycles. The van der Waals surface area contributed by atoms with Crippen molar-refractivity contribution >= 4 is 34.4 Å². The van der Waals surface area contributed by atoms with Gasteiger partial charge in [0.2, 0.25) is 0 Å². The minimum atomic E-state index is -0.440. The topological polar surface area (TPSA) is 79.7 Å². The highest BCUT2D eigenvalue weighted by molar-refractivity contribution is 7.14. The standard InChI is InChI=1S/C34H38FN5O3S/c1-20-25(21-13-27(32(41)39(6)19-21)37-30-8-7-23(18-36-30)43-12-11-38(4)5)14-22(35)15-28(20)40-10-9-24-26-16-34(2,3)17-29(26)44-31(24)33(40)42/h7-8,13-15,18-19H,9-12,16-17H2,1-6H3,(H,36,37). The van der Waals surface area contributed by atoms with Crippen LogP contribution in [0.25, 0.3) is 11.1 Å². The average Bonchev–Trinajstić information content (AvgIpc) is 3.45. The zero-order chi connectivity index (χ0) is 31.3. The number of fused-ring (bicyclic) bond motifs is 3. The van der Waals surface area contributed by atoms with Crippen LogP contribution in [0.3, 0.4) is 0 Å². The second kappa shape index (κ2) is 11.5. The van der Waals surface area contributed by atoms with Gasteiger partial charge in [0, 0.05) is 36.8 Å². The van der Waals surface area contributed by atoms with Crippen molar-refractivity contribution in [3.63, 3.8) is 0 Å². The predicted molar refractivity (Wildman–Crippen MR) is 174 cm³/mol. The van der Waals surface area contributed by atoms with Gasteiger partial charge in [-0.05, 0) is 98.3 Å². The van der Waals surface area contributed by atoms with Gasteiger partial charge in [0.1, 0.15) is 29.7 Å². The van der Waals surface area contributed by atoms with Gasteiger partial charge >= 0.3 is 0 Å². The maximum absolute atomic E-state index is 15.2. The van der Waals surface area contributed by atoms with E-state index in [1.165, 1.54) is 32.7 Å². The fraction of sp³-hybridized carbons (Fsp3) is 0.382. The lowest BCUT2D eigenvalue weighted by Crippen LogP contribution is -2.37. The number of hydrogen-bond acceptors (Lipinski definition) is 7. The number of anilines is 3. The number of carbonyl (C=O) groups excluding carboxylic acids is 1. The van der Waals surface area contributed by atoms with Crippen LogP contribution in [0, 0.1) is 18.2 Å². The maximum atomic E-state index is 15.2. The molecular weight excluding hydrogens is 577 g/mol. The van der Waals surface area contributed by atoms with E-state index in [0.29, 0.717) is 47.2 Å². The molecule has 6 rings (SSSR count). The Labute approximate surface area is 261 Å². The molecule has 0 atom stereocenters. The summed E-state index contributed by atoms with van der Waals surface area (Å²) in [6, 6.07) is 8.16. The van der Waals surface area contributed by atoms with E-state index in [9.17, 15) is 9.59 Å². The van der Waals surface area contributed by atoms with E-state index in [2.05, 4.69) is 24.1 Å². The van der Waals surface area contributed by atoms with Crippen molar-refractivity contribution in [3.8, 4) is 16.9 Å². The first-order valence-electron chi connectivity index (χ1n) is 14.9. The Morgan fingerprint density at radius 3 is 2.66 bits per heavy atom. The fourth-order valence-corrected chi connectivity index (χ4v) is 7.78. The summed E-state index contributed by atoms with van der Waals surface area (Å²) in [7, 11) is 5.62. The zero-order valence-electron chi connectivity index (χ0n) is 26.1. The molecule has 0 spiro atoms. The Bertz CT molecular complexity index is 1810. The summed E-state index contributed by atoms with van der Waals surface area (Å²) in [5.41, 5.74) is 5.42. The second-order valence-corrected chi connectivity index (χ2v) is 14.0. The predicted octanol–water partition coefficient (Wildman–Crippen LogP) is 5.97. The number of aromatic nitrogens is 2. The number of thiophene rings is 1. The molecule has 2 aliphatic rings. The van der Waals surface area contributed by atoms with Crippen LogP contribution in [0.15, 0.2) is 47.5 Å². The van der Waals surface area contributed by atoms with Gasteiger partial charge < -0.3 is 24.4 Å². The molecule has 44 heavy (non-hydrogen) atoms. The Kier molecular flexibility index (Phi) is 7.83. The molecule has 8 nitrogen and oxygen atoms in total. The van der Waals surface area contributed by atoms with Crippen LogP contribution >= 0.6 is 11.3 Å². The molecule has 0 saturated heterocycles. The van der Waals surface area contributed by atoms with Crippen molar-refractivity contribution in [3.05, 3.63) is 85.3 Å². The number of benzene rings is 1. The SMILES string of the molecule is Cc1c(-c2cc(Nc3ccc(OCCN(C)C)cn3)c(=O)n(C)c2)cc(F)cc1N1CCc2c(sc3c2CC(C)(C)C3)C1=O. The number of hydrogen-bond donors (Lipinski definition) is 1.